The van der Waals surface area contributed by atoms with Gasteiger partial charge in [-0.2, -0.15) is 23.4 Å². The molecule has 9 heteroatoms. The molecule has 0 saturated carbocycles. The Hall–Kier alpha value is -2.32. The zero-order valence-electron chi connectivity index (χ0n) is 11.5. The molecule has 114 valence electrons. The molecule has 0 aliphatic carbocycles. The van der Waals surface area contributed by atoms with Gasteiger partial charge < -0.3 is 4.90 Å². The van der Waals surface area contributed by atoms with E-state index in [1.54, 1.807) is 17.1 Å². The first-order chi connectivity index (χ1) is 9.81. The number of carbonyl (C=O) groups is 1. The Labute approximate surface area is 118 Å². The minimum Gasteiger partial charge on any atom is -0.336 e. The van der Waals surface area contributed by atoms with Crippen molar-refractivity contribution in [2.24, 2.45) is 0 Å². The van der Waals surface area contributed by atoms with Gasteiger partial charge in [-0.05, 0) is 6.92 Å². The van der Waals surface area contributed by atoms with Crippen LogP contribution in [0.4, 0.5) is 13.2 Å². The number of H-pyrrole nitrogens is 1. The van der Waals surface area contributed by atoms with Crippen molar-refractivity contribution in [2.75, 3.05) is 7.05 Å². The zero-order valence-corrected chi connectivity index (χ0v) is 11.5. The van der Waals surface area contributed by atoms with E-state index in [4.69, 9.17) is 0 Å². The molecule has 1 amide bonds. The van der Waals surface area contributed by atoms with Crippen LogP contribution in [0, 0.1) is 0 Å². The van der Waals surface area contributed by atoms with Crippen molar-refractivity contribution in [3.05, 3.63) is 35.4 Å². The highest BCUT2D eigenvalue weighted by atomic mass is 19.4. The van der Waals surface area contributed by atoms with Crippen LogP contribution in [-0.2, 0) is 19.3 Å². The summed E-state index contributed by atoms with van der Waals surface area (Å²) in [7, 11) is 1.49. The molecule has 2 rings (SSSR count). The second-order valence-electron chi connectivity index (χ2n) is 4.53. The molecule has 0 unspecified atom stereocenters. The lowest BCUT2D eigenvalue weighted by Gasteiger charge is -2.14. The number of aromatic nitrogens is 4. The number of halogens is 3. The van der Waals surface area contributed by atoms with Crippen LogP contribution in [0.25, 0.3) is 0 Å². The Bertz CT molecular complexity index is 631. The second-order valence-corrected chi connectivity index (χ2v) is 4.53. The van der Waals surface area contributed by atoms with E-state index < -0.39 is 17.8 Å². The summed E-state index contributed by atoms with van der Waals surface area (Å²) in [6, 6.07) is 0.703. The third-order valence-electron chi connectivity index (χ3n) is 2.88. The van der Waals surface area contributed by atoms with Crippen molar-refractivity contribution in [1.29, 1.82) is 0 Å². The molecule has 21 heavy (non-hydrogen) atoms. The lowest BCUT2D eigenvalue weighted by atomic mass is 10.3. The summed E-state index contributed by atoms with van der Waals surface area (Å²) in [5.41, 5.74) is -0.523. The number of alkyl halides is 3. The highest BCUT2D eigenvalue weighted by Gasteiger charge is 2.34. The number of rotatable bonds is 4. The summed E-state index contributed by atoms with van der Waals surface area (Å²) in [6.45, 7) is 2.87. The summed E-state index contributed by atoms with van der Waals surface area (Å²) in [5, 5.41) is 9.29. The zero-order chi connectivity index (χ0) is 15.6. The molecule has 0 spiro atoms. The number of amides is 1. The molecule has 2 heterocycles. The molecule has 2 aromatic heterocycles. The molecular formula is C12H14F3N5O. The second kappa shape index (κ2) is 5.58. The molecule has 1 N–H and O–H groups in total. The largest absolute Gasteiger partial charge is 0.432 e. The number of hydrogen-bond acceptors (Lipinski definition) is 3. The Kier molecular flexibility index (Phi) is 4.01. The van der Waals surface area contributed by atoms with Gasteiger partial charge in [0, 0.05) is 38.0 Å². The van der Waals surface area contributed by atoms with Crippen molar-refractivity contribution in [1.82, 2.24) is 24.9 Å². The van der Waals surface area contributed by atoms with Crippen LogP contribution in [0.5, 0.6) is 0 Å². The van der Waals surface area contributed by atoms with Gasteiger partial charge in [-0.25, -0.2) is 0 Å². The Morgan fingerprint density at radius 2 is 2.19 bits per heavy atom. The molecule has 0 bridgehead atoms. The molecule has 0 atom stereocenters. The van der Waals surface area contributed by atoms with Crippen LogP contribution in [0.3, 0.4) is 0 Å². The molecule has 0 fully saturated rings. The van der Waals surface area contributed by atoms with Crippen molar-refractivity contribution >= 4 is 5.91 Å². The monoisotopic (exact) mass is 301 g/mol. The number of aromatic amines is 1. The van der Waals surface area contributed by atoms with E-state index in [1.807, 2.05) is 12.0 Å². The Morgan fingerprint density at radius 1 is 1.48 bits per heavy atom. The maximum absolute atomic E-state index is 12.4. The third-order valence-corrected chi connectivity index (χ3v) is 2.88. The van der Waals surface area contributed by atoms with Gasteiger partial charge in [0.2, 0.25) is 0 Å². The lowest BCUT2D eigenvalue weighted by Crippen LogP contribution is -2.26. The normalized spacial score (nSPS) is 11.7. The number of nitrogens with zero attached hydrogens (tertiary/aromatic N) is 4. The summed E-state index contributed by atoms with van der Waals surface area (Å²) in [5.74, 6) is -0.592. The maximum Gasteiger partial charge on any atom is 0.432 e. The van der Waals surface area contributed by atoms with Gasteiger partial charge >= 0.3 is 6.18 Å². The Morgan fingerprint density at radius 3 is 2.71 bits per heavy atom. The molecule has 0 aromatic carbocycles. The quantitative estimate of drug-likeness (QED) is 0.938. The first-order valence-electron chi connectivity index (χ1n) is 6.20. The minimum absolute atomic E-state index is 0.243. The maximum atomic E-state index is 12.4. The number of carbonyl (C=O) groups excluding carboxylic acids is 1. The number of aryl methyl sites for hydroxylation is 1. The Balaban J connectivity index is 2.06. The topological polar surface area (TPSA) is 66.8 Å². The van der Waals surface area contributed by atoms with Gasteiger partial charge in [-0.3, -0.25) is 14.6 Å². The van der Waals surface area contributed by atoms with Gasteiger partial charge in [-0.15, -0.1) is 0 Å². The smallest absolute Gasteiger partial charge is 0.336 e. The van der Waals surface area contributed by atoms with E-state index in [1.165, 1.54) is 11.9 Å². The SMILES string of the molecule is CCn1cc(CN(C)C(=O)c2cc(C(F)(F)F)[nH]n2)cn1. The van der Waals surface area contributed by atoms with E-state index in [2.05, 4.69) is 10.2 Å². The first-order valence-corrected chi connectivity index (χ1v) is 6.20. The van der Waals surface area contributed by atoms with E-state index >= 15 is 0 Å². The highest BCUT2D eigenvalue weighted by molar-refractivity contribution is 5.92. The van der Waals surface area contributed by atoms with Gasteiger partial charge in [0.25, 0.3) is 5.91 Å². The van der Waals surface area contributed by atoms with Gasteiger partial charge in [-0.1, -0.05) is 0 Å². The van der Waals surface area contributed by atoms with Crippen LogP contribution >= 0.6 is 0 Å². The van der Waals surface area contributed by atoms with Crippen molar-refractivity contribution < 1.29 is 18.0 Å². The van der Waals surface area contributed by atoms with E-state index in [-0.39, 0.29) is 12.2 Å². The first kappa shape index (κ1) is 15.1. The predicted octanol–water partition coefficient (Wildman–Crippen LogP) is 1.92. The van der Waals surface area contributed by atoms with E-state index in [0.29, 0.717) is 12.6 Å². The van der Waals surface area contributed by atoms with Crippen molar-refractivity contribution in [3.8, 4) is 0 Å². The molecule has 0 saturated heterocycles. The average Bonchev–Trinajstić information content (AvgIpc) is 3.05. The van der Waals surface area contributed by atoms with Crippen LogP contribution in [0.2, 0.25) is 0 Å². The fourth-order valence-electron chi connectivity index (χ4n) is 1.78. The van der Waals surface area contributed by atoms with Gasteiger partial charge in [0.15, 0.2) is 5.69 Å². The number of hydrogen-bond donors (Lipinski definition) is 1. The van der Waals surface area contributed by atoms with Crippen LogP contribution in [-0.4, -0.2) is 37.8 Å². The van der Waals surface area contributed by atoms with Crippen LogP contribution in [0.1, 0.15) is 28.7 Å². The fraction of sp³-hybridized carbons (Fsp3) is 0.417. The summed E-state index contributed by atoms with van der Waals surface area (Å²) in [6.07, 6.45) is -1.17. The minimum atomic E-state index is -4.55. The van der Waals surface area contributed by atoms with Crippen LogP contribution in [0.15, 0.2) is 18.5 Å². The highest BCUT2D eigenvalue weighted by Crippen LogP contribution is 2.27. The summed E-state index contributed by atoms with van der Waals surface area (Å²) in [4.78, 5) is 13.3. The molecule has 6 nitrogen and oxygen atoms in total. The molecular weight excluding hydrogens is 287 g/mol. The van der Waals surface area contributed by atoms with Crippen molar-refractivity contribution in [2.45, 2.75) is 26.2 Å². The standard InChI is InChI=1S/C12H14F3N5O/c1-3-20-7-8(5-16-20)6-19(2)11(21)9-4-10(18-17-9)12(13,14)15/h4-5,7H,3,6H2,1-2H3,(H,17,18). The van der Waals surface area contributed by atoms with Crippen LogP contribution < -0.4 is 0 Å². The fourth-order valence-corrected chi connectivity index (χ4v) is 1.78. The van der Waals surface area contributed by atoms with Gasteiger partial charge in [0.05, 0.1) is 6.20 Å². The van der Waals surface area contributed by atoms with E-state index in [9.17, 15) is 18.0 Å². The third kappa shape index (κ3) is 3.41. The van der Waals surface area contributed by atoms with E-state index in [0.717, 1.165) is 5.56 Å². The molecule has 2 aromatic rings. The lowest BCUT2D eigenvalue weighted by molar-refractivity contribution is -0.141. The van der Waals surface area contributed by atoms with Gasteiger partial charge in [0.1, 0.15) is 5.69 Å². The molecule has 0 aliphatic heterocycles. The predicted molar refractivity (Wildman–Crippen MR) is 67.3 cm³/mol. The average molecular weight is 301 g/mol. The summed E-state index contributed by atoms with van der Waals surface area (Å²) < 4.78 is 39.0. The molecule has 0 radical (unpaired) electrons. The summed E-state index contributed by atoms with van der Waals surface area (Å²) >= 11 is 0. The van der Waals surface area contributed by atoms with Crippen molar-refractivity contribution in [3.63, 3.8) is 0 Å². The number of nitrogens with one attached hydrogen (secondary N) is 1. The molecule has 0 aliphatic rings.